The Morgan fingerprint density at radius 2 is 2.04 bits per heavy atom. The Kier molecular flexibility index (Phi) is 4.93. The van der Waals surface area contributed by atoms with Crippen molar-refractivity contribution in [3.05, 3.63) is 58.4 Å². The van der Waals surface area contributed by atoms with Crippen LogP contribution in [0.4, 0.5) is 0 Å². The van der Waals surface area contributed by atoms with Gasteiger partial charge in [0, 0.05) is 29.9 Å². The number of aryl methyl sites for hydroxylation is 1. The number of nitrogens with zero attached hydrogens (tertiary/aromatic N) is 2. The summed E-state index contributed by atoms with van der Waals surface area (Å²) in [5, 5.41) is 2.88. The summed E-state index contributed by atoms with van der Waals surface area (Å²) in [6, 6.07) is 7.10. The number of carbonyl (C=O) groups is 2. The number of fused-ring (bicyclic) bond motifs is 1. The number of rotatable bonds is 5. The number of nitrogens with one attached hydrogen (secondary N) is 1. The zero-order valence-electron chi connectivity index (χ0n) is 15.5. The molecule has 0 spiro atoms. The molecule has 26 heavy (non-hydrogen) atoms. The average Bonchev–Trinajstić information content (AvgIpc) is 2.94. The number of amides is 2. The van der Waals surface area contributed by atoms with E-state index in [2.05, 4.69) is 10.3 Å². The molecule has 0 unspecified atom stereocenters. The second kappa shape index (κ2) is 7.15. The smallest absolute Gasteiger partial charge is 0.252 e. The lowest BCUT2D eigenvalue weighted by Crippen LogP contribution is -2.31. The molecule has 0 fully saturated rings. The fourth-order valence-electron chi connectivity index (χ4n) is 3.36. The highest BCUT2D eigenvalue weighted by atomic mass is 16.5. The zero-order valence-corrected chi connectivity index (χ0v) is 15.5. The van der Waals surface area contributed by atoms with Gasteiger partial charge < -0.3 is 15.0 Å². The van der Waals surface area contributed by atoms with E-state index in [0.29, 0.717) is 12.1 Å². The lowest BCUT2D eigenvalue weighted by molar-refractivity contribution is -0.131. The van der Waals surface area contributed by atoms with Gasteiger partial charge in [-0.15, -0.1) is 0 Å². The summed E-state index contributed by atoms with van der Waals surface area (Å²) in [6.07, 6.45) is 1.98. The highest BCUT2D eigenvalue weighted by Crippen LogP contribution is 2.28. The number of hydrogen-bond donors (Lipinski definition) is 1. The monoisotopic (exact) mass is 353 g/mol. The SMILES string of the molecule is COc1c(C)cnc(CN(C)C(=O)C[C@H]2NC(=O)c3ccccc32)c1C. The molecule has 1 aromatic heterocycles. The first kappa shape index (κ1) is 17.9. The van der Waals surface area contributed by atoms with E-state index in [1.807, 2.05) is 32.0 Å². The first-order valence-corrected chi connectivity index (χ1v) is 8.55. The normalized spacial score (nSPS) is 15.4. The second-order valence-corrected chi connectivity index (χ2v) is 6.61. The highest BCUT2D eigenvalue weighted by molar-refractivity contribution is 5.99. The predicted octanol–water partition coefficient (Wildman–Crippen LogP) is 2.54. The Morgan fingerprint density at radius 1 is 1.31 bits per heavy atom. The summed E-state index contributed by atoms with van der Waals surface area (Å²) in [6.45, 7) is 4.28. The quantitative estimate of drug-likeness (QED) is 0.897. The average molecular weight is 353 g/mol. The van der Waals surface area contributed by atoms with Crippen molar-refractivity contribution in [3.8, 4) is 5.75 Å². The van der Waals surface area contributed by atoms with E-state index in [-0.39, 0.29) is 24.3 Å². The molecule has 1 aliphatic heterocycles. The lowest BCUT2D eigenvalue weighted by Gasteiger charge is -2.21. The molecular weight excluding hydrogens is 330 g/mol. The predicted molar refractivity (Wildman–Crippen MR) is 98.0 cm³/mol. The third kappa shape index (κ3) is 3.27. The Balaban J connectivity index is 1.71. The first-order chi connectivity index (χ1) is 12.4. The van der Waals surface area contributed by atoms with Crippen LogP contribution in [0.5, 0.6) is 5.75 Å². The lowest BCUT2D eigenvalue weighted by atomic mass is 10.0. The summed E-state index contributed by atoms with van der Waals surface area (Å²) >= 11 is 0. The van der Waals surface area contributed by atoms with Gasteiger partial charge in [0.2, 0.25) is 5.91 Å². The maximum Gasteiger partial charge on any atom is 0.252 e. The molecule has 1 aliphatic rings. The molecule has 0 radical (unpaired) electrons. The van der Waals surface area contributed by atoms with E-state index in [1.54, 1.807) is 31.3 Å². The van der Waals surface area contributed by atoms with Gasteiger partial charge in [0.25, 0.3) is 5.91 Å². The van der Waals surface area contributed by atoms with Crippen molar-refractivity contribution in [2.75, 3.05) is 14.2 Å². The maximum atomic E-state index is 12.7. The molecule has 0 bridgehead atoms. The fourth-order valence-corrected chi connectivity index (χ4v) is 3.36. The number of ether oxygens (including phenoxy) is 1. The van der Waals surface area contributed by atoms with Gasteiger partial charge >= 0.3 is 0 Å². The Hall–Kier alpha value is -2.89. The van der Waals surface area contributed by atoms with Gasteiger partial charge in [0.15, 0.2) is 0 Å². The van der Waals surface area contributed by atoms with Gasteiger partial charge in [0.05, 0.1) is 31.8 Å². The van der Waals surface area contributed by atoms with Crippen molar-refractivity contribution in [1.29, 1.82) is 0 Å². The minimum Gasteiger partial charge on any atom is -0.496 e. The Bertz CT molecular complexity index is 863. The number of aromatic nitrogens is 1. The van der Waals surface area contributed by atoms with Crippen LogP contribution in [0.3, 0.4) is 0 Å². The van der Waals surface area contributed by atoms with E-state index in [1.165, 1.54) is 0 Å². The van der Waals surface area contributed by atoms with Crippen molar-refractivity contribution < 1.29 is 14.3 Å². The molecule has 2 amide bonds. The molecule has 6 heteroatoms. The topological polar surface area (TPSA) is 71.5 Å². The van der Waals surface area contributed by atoms with Crippen LogP contribution in [0.25, 0.3) is 0 Å². The van der Waals surface area contributed by atoms with Crippen molar-refractivity contribution in [3.63, 3.8) is 0 Å². The van der Waals surface area contributed by atoms with Crippen molar-refractivity contribution in [2.45, 2.75) is 32.9 Å². The van der Waals surface area contributed by atoms with Gasteiger partial charge in [-0.3, -0.25) is 14.6 Å². The van der Waals surface area contributed by atoms with Crippen LogP contribution in [-0.2, 0) is 11.3 Å². The number of methoxy groups -OCH3 is 1. The molecule has 0 saturated carbocycles. The van der Waals surface area contributed by atoms with Crippen molar-refractivity contribution in [1.82, 2.24) is 15.2 Å². The van der Waals surface area contributed by atoms with E-state index in [9.17, 15) is 9.59 Å². The van der Waals surface area contributed by atoms with Crippen molar-refractivity contribution >= 4 is 11.8 Å². The molecule has 1 atom stereocenters. The van der Waals surface area contributed by atoms with Crippen LogP contribution in [0.1, 0.15) is 45.2 Å². The van der Waals surface area contributed by atoms with Gasteiger partial charge in [-0.1, -0.05) is 18.2 Å². The summed E-state index contributed by atoms with van der Waals surface area (Å²) in [4.78, 5) is 30.8. The molecule has 1 aromatic carbocycles. The molecule has 6 nitrogen and oxygen atoms in total. The molecule has 1 N–H and O–H groups in total. The third-order valence-electron chi connectivity index (χ3n) is 4.83. The summed E-state index contributed by atoms with van der Waals surface area (Å²) in [5.74, 6) is 0.627. The largest absolute Gasteiger partial charge is 0.496 e. The molecular formula is C20H23N3O3. The van der Waals surface area contributed by atoms with Crippen LogP contribution in [0.2, 0.25) is 0 Å². The number of benzene rings is 1. The maximum absolute atomic E-state index is 12.7. The second-order valence-electron chi connectivity index (χ2n) is 6.61. The Labute approximate surface area is 153 Å². The number of pyridine rings is 1. The summed E-state index contributed by atoms with van der Waals surface area (Å²) < 4.78 is 5.43. The minimum atomic E-state index is -0.282. The Morgan fingerprint density at radius 3 is 2.77 bits per heavy atom. The van der Waals surface area contributed by atoms with E-state index in [0.717, 1.165) is 28.1 Å². The third-order valence-corrected chi connectivity index (χ3v) is 4.83. The van der Waals surface area contributed by atoms with Gasteiger partial charge in [0.1, 0.15) is 5.75 Å². The van der Waals surface area contributed by atoms with Crippen LogP contribution < -0.4 is 10.1 Å². The fraction of sp³-hybridized carbons (Fsp3) is 0.350. The first-order valence-electron chi connectivity index (χ1n) is 8.55. The van der Waals surface area contributed by atoms with Crippen LogP contribution in [0.15, 0.2) is 30.5 Å². The molecule has 136 valence electrons. The molecule has 2 aromatic rings. The summed E-state index contributed by atoms with van der Waals surface area (Å²) in [7, 11) is 3.38. The standard InChI is InChI=1S/C20H23N3O3/c1-12-10-21-17(13(2)19(12)26-4)11-23(3)18(24)9-16-14-7-5-6-8-15(14)20(25)22-16/h5-8,10,16H,9,11H2,1-4H3,(H,22,25)/t16-/m1/s1. The number of carbonyl (C=O) groups excluding carboxylic acids is 2. The van der Waals surface area contributed by atoms with E-state index >= 15 is 0 Å². The van der Waals surface area contributed by atoms with Crippen molar-refractivity contribution in [2.24, 2.45) is 0 Å². The van der Waals surface area contributed by atoms with Gasteiger partial charge in [-0.2, -0.15) is 0 Å². The highest BCUT2D eigenvalue weighted by Gasteiger charge is 2.30. The zero-order chi connectivity index (χ0) is 18.8. The van der Waals surface area contributed by atoms with Crippen LogP contribution in [0, 0.1) is 13.8 Å². The molecule has 2 heterocycles. The van der Waals surface area contributed by atoms with Gasteiger partial charge in [-0.25, -0.2) is 0 Å². The van der Waals surface area contributed by atoms with Gasteiger partial charge in [-0.05, 0) is 25.5 Å². The van der Waals surface area contributed by atoms with E-state index < -0.39 is 0 Å². The summed E-state index contributed by atoms with van der Waals surface area (Å²) in [5.41, 5.74) is 4.23. The van der Waals surface area contributed by atoms with Crippen LogP contribution >= 0.6 is 0 Å². The molecule has 3 rings (SSSR count). The van der Waals surface area contributed by atoms with E-state index in [4.69, 9.17) is 4.74 Å². The number of hydrogen-bond acceptors (Lipinski definition) is 4. The minimum absolute atomic E-state index is 0.0484. The molecule has 0 aliphatic carbocycles. The van der Waals surface area contributed by atoms with Crippen LogP contribution in [-0.4, -0.2) is 35.9 Å². The molecule has 0 saturated heterocycles.